The molecule has 36 heavy (non-hydrogen) atoms. The Hall–Kier alpha value is -3.48. The van der Waals surface area contributed by atoms with E-state index in [0.717, 1.165) is 16.0 Å². The summed E-state index contributed by atoms with van der Waals surface area (Å²) < 4.78 is 5.01. The molecule has 0 spiro atoms. The number of amides is 3. The molecule has 2 aliphatic rings. The Bertz CT molecular complexity index is 1180. The van der Waals surface area contributed by atoms with Gasteiger partial charge >= 0.3 is 5.97 Å². The van der Waals surface area contributed by atoms with E-state index in [-0.39, 0.29) is 48.1 Å². The van der Waals surface area contributed by atoms with Gasteiger partial charge in [0.05, 0.1) is 24.3 Å². The van der Waals surface area contributed by atoms with Crippen molar-refractivity contribution in [3.05, 3.63) is 65.2 Å². The van der Waals surface area contributed by atoms with E-state index in [1.807, 2.05) is 31.2 Å². The molecular weight excluding hydrogens is 456 g/mol. The summed E-state index contributed by atoms with van der Waals surface area (Å²) in [5.41, 5.74) is 2.31. The standard InChI is InChI=1S/C29H34N2O5/c1-7-36-27(35)20-12-14-21(15-13-20)31-23(32)16-22(25(31)33)30(17-19-10-8-18(2)9-11-19)26(34)24-28(3,4)29(24,5)6/h8-15,22,24H,7,16-17H2,1-6H3. The smallest absolute Gasteiger partial charge is 0.338 e. The highest BCUT2D eigenvalue weighted by molar-refractivity contribution is 6.23. The van der Waals surface area contributed by atoms with E-state index in [1.165, 1.54) is 12.1 Å². The zero-order valence-electron chi connectivity index (χ0n) is 21.8. The maximum absolute atomic E-state index is 13.9. The van der Waals surface area contributed by atoms with Crippen molar-refractivity contribution in [2.75, 3.05) is 11.5 Å². The van der Waals surface area contributed by atoms with Crippen LogP contribution in [0.25, 0.3) is 0 Å². The van der Waals surface area contributed by atoms with Gasteiger partial charge in [0.2, 0.25) is 11.8 Å². The minimum atomic E-state index is -0.886. The molecule has 1 heterocycles. The van der Waals surface area contributed by atoms with Crippen molar-refractivity contribution in [2.24, 2.45) is 16.7 Å². The van der Waals surface area contributed by atoms with Crippen LogP contribution in [0, 0.1) is 23.7 Å². The first kappa shape index (κ1) is 25.6. The number of anilines is 1. The molecule has 7 heteroatoms. The third kappa shape index (κ3) is 4.31. The molecule has 1 aliphatic carbocycles. The van der Waals surface area contributed by atoms with Gasteiger partial charge in [-0.15, -0.1) is 0 Å². The topological polar surface area (TPSA) is 84.0 Å². The van der Waals surface area contributed by atoms with Gasteiger partial charge in [0.25, 0.3) is 5.91 Å². The van der Waals surface area contributed by atoms with Gasteiger partial charge in [-0.1, -0.05) is 57.5 Å². The van der Waals surface area contributed by atoms with Crippen LogP contribution in [-0.4, -0.2) is 41.2 Å². The summed E-state index contributed by atoms with van der Waals surface area (Å²) >= 11 is 0. The number of aryl methyl sites for hydroxylation is 1. The van der Waals surface area contributed by atoms with Crippen LogP contribution in [0.4, 0.5) is 5.69 Å². The van der Waals surface area contributed by atoms with Crippen LogP contribution in [-0.2, 0) is 25.7 Å². The number of nitrogens with zero attached hydrogens (tertiary/aromatic N) is 2. The fourth-order valence-corrected chi connectivity index (χ4v) is 5.30. The Labute approximate surface area is 212 Å². The lowest BCUT2D eigenvalue weighted by Crippen LogP contribution is -2.46. The maximum atomic E-state index is 13.9. The summed E-state index contributed by atoms with van der Waals surface area (Å²) in [4.78, 5) is 55.2. The highest BCUT2D eigenvalue weighted by Gasteiger charge is 2.69. The summed E-state index contributed by atoms with van der Waals surface area (Å²) in [6.07, 6.45) is -0.0797. The van der Waals surface area contributed by atoms with E-state index in [1.54, 1.807) is 24.0 Å². The largest absolute Gasteiger partial charge is 0.462 e. The molecule has 2 aromatic carbocycles. The van der Waals surface area contributed by atoms with Crippen molar-refractivity contribution in [1.82, 2.24) is 4.90 Å². The lowest BCUT2D eigenvalue weighted by molar-refractivity contribution is -0.141. The third-order valence-electron chi connectivity index (χ3n) is 8.16. The lowest BCUT2D eigenvalue weighted by Gasteiger charge is -2.29. The van der Waals surface area contributed by atoms with Gasteiger partial charge in [-0.25, -0.2) is 9.69 Å². The lowest BCUT2D eigenvalue weighted by atomic mass is 10.0. The molecule has 7 nitrogen and oxygen atoms in total. The van der Waals surface area contributed by atoms with Gasteiger partial charge in [-0.2, -0.15) is 0 Å². The molecule has 0 N–H and O–H groups in total. The zero-order valence-corrected chi connectivity index (χ0v) is 21.8. The van der Waals surface area contributed by atoms with Gasteiger partial charge in [0.1, 0.15) is 6.04 Å². The van der Waals surface area contributed by atoms with Gasteiger partial charge in [-0.3, -0.25) is 14.4 Å². The second kappa shape index (κ2) is 9.19. The first-order valence-corrected chi connectivity index (χ1v) is 12.4. The van der Waals surface area contributed by atoms with Crippen molar-refractivity contribution in [2.45, 2.75) is 60.5 Å². The number of benzene rings is 2. The van der Waals surface area contributed by atoms with E-state index in [4.69, 9.17) is 4.74 Å². The van der Waals surface area contributed by atoms with E-state index in [0.29, 0.717) is 11.3 Å². The van der Waals surface area contributed by atoms with E-state index < -0.39 is 17.9 Å². The second-order valence-corrected chi connectivity index (χ2v) is 10.9. The van der Waals surface area contributed by atoms with E-state index in [9.17, 15) is 19.2 Å². The molecule has 0 aromatic heterocycles. The quantitative estimate of drug-likeness (QED) is 0.421. The molecule has 3 amide bonds. The van der Waals surface area contributed by atoms with Crippen LogP contribution in [0.2, 0.25) is 0 Å². The summed E-state index contributed by atoms with van der Waals surface area (Å²) in [5, 5.41) is 0. The van der Waals surface area contributed by atoms with Gasteiger partial charge < -0.3 is 9.64 Å². The highest BCUT2D eigenvalue weighted by Crippen LogP contribution is 2.69. The Morgan fingerprint density at radius 1 is 0.972 bits per heavy atom. The normalized spacial score (nSPS) is 20.4. The number of carbonyl (C=O) groups is 4. The van der Waals surface area contributed by atoms with Crippen molar-refractivity contribution in [3.8, 4) is 0 Å². The number of rotatable bonds is 7. The summed E-state index contributed by atoms with van der Waals surface area (Å²) in [5.74, 6) is -1.61. The Kier molecular flexibility index (Phi) is 6.54. The predicted octanol–water partition coefficient (Wildman–Crippen LogP) is 4.51. The summed E-state index contributed by atoms with van der Waals surface area (Å²) in [6.45, 7) is 12.5. The van der Waals surface area contributed by atoms with Crippen LogP contribution in [0.5, 0.6) is 0 Å². The Balaban J connectivity index is 1.63. The number of hydrogen-bond donors (Lipinski definition) is 0. The van der Waals surface area contributed by atoms with Gasteiger partial charge in [0.15, 0.2) is 0 Å². The third-order valence-corrected chi connectivity index (χ3v) is 8.16. The highest BCUT2D eigenvalue weighted by atomic mass is 16.5. The maximum Gasteiger partial charge on any atom is 0.338 e. The molecule has 2 fully saturated rings. The Morgan fingerprint density at radius 2 is 1.56 bits per heavy atom. The molecule has 1 atom stereocenters. The fourth-order valence-electron chi connectivity index (χ4n) is 5.30. The van der Waals surface area contributed by atoms with E-state index >= 15 is 0 Å². The van der Waals surface area contributed by atoms with Gasteiger partial charge in [-0.05, 0) is 54.5 Å². The monoisotopic (exact) mass is 490 g/mol. The zero-order chi connectivity index (χ0) is 26.4. The molecular formula is C29H34N2O5. The SMILES string of the molecule is CCOC(=O)c1ccc(N2C(=O)CC(N(Cc3ccc(C)cc3)C(=O)C3C(C)(C)C3(C)C)C2=O)cc1. The average molecular weight is 491 g/mol. The molecule has 0 bridgehead atoms. The summed E-state index contributed by atoms with van der Waals surface area (Å²) in [7, 11) is 0. The molecule has 0 radical (unpaired) electrons. The molecule has 2 aromatic rings. The number of carbonyl (C=O) groups excluding carboxylic acids is 4. The van der Waals surface area contributed by atoms with Crippen molar-refractivity contribution in [3.63, 3.8) is 0 Å². The average Bonchev–Trinajstić information content (AvgIpc) is 3.06. The number of hydrogen-bond acceptors (Lipinski definition) is 5. The van der Waals surface area contributed by atoms with Crippen LogP contribution >= 0.6 is 0 Å². The molecule has 1 saturated heterocycles. The van der Waals surface area contributed by atoms with Crippen molar-refractivity contribution in [1.29, 1.82) is 0 Å². The number of esters is 1. The number of ether oxygens (including phenoxy) is 1. The molecule has 4 rings (SSSR count). The molecule has 1 saturated carbocycles. The Morgan fingerprint density at radius 3 is 2.08 bits per heavy atom. The van der Waals surface area contributed by atoms with Crippen LogP contribution < -0.4 is 4.90 Å². The van der Waals surface area contributed by atoms with Gasteiger partial charge in [0, 0.05) is 12.5 Å². The summed E-state index contributed by atoms with van der Waals surface area (Å²) in [6, 6.07) is 13.1. The predicted molar refractivity (Wildman–Crippen MR) is 136 cm³/mol. The fraction of sp³-hybridized carbons (Fsp3) is 0.448. The minimum absolute atomic E-state index is 0.0797. The van der Waals surface area contributed by atoms with Crippen LogP contribution in [0.1, 0.15) is 62.5 Å². The van der Waals surface area contributed by atoms with E-state index in [2.05, 4.69) is 27.7 Å². The molecule has 1 unspecified atom stereocenters. The second-order valence-electron chi connectivity index (χ2n) is 10.9. The number of imide groups is 1. The molecule has 190 valence electrons. The van der Waals surface area contributed by atoms with Crippen molar-refractivity contribution >= 4 is 29.4 Å². The van der Waals surface area contributed by atoms with Crippen LogP contribution in [0.3, 0.4) is 0 Å². The first-order valence-electron chi connectivity index (χ1n) is 12.4. The minimum Gasteiger partial charge on any atom is -0.462 e. The first-order chi connectivity index (χ1) is 16.9. The van der Waals surface area contributed by atoms with Crippen molar-refractivity contribution < 1.29 is 23.9 Å². The van der Waals surface area contributed by atoms with Crippen LogP contribution in [0.15, 0.2) is 48.5 Å². The molecule has 1 aliphatic heterocycles.